The Hall–Kier alpha value is -0.950. The van der Waals surface area contributed by atoms with Gasteiger partial charge in [-0.25, -0.2) is 4.98 Å². The Balaban J connectivity index is 0.00000200. The summed E-state index contributed by atoms with van der Waals surface area (Å²) in [6, 6.07) is 0. The first-order chi connectivity index (χ1) is 9.15. The van der Waals surface area contributed by atoms with E-state index >= 15 is 0 Å². The molecule has 1 aliphatic rings. The molecular weight excluding hydrogens is 315 g/mol. The van der Waals surface area contributed by atoms with E-state index in [0.29, 0.717) is 18.8 Å². The van der Waals surface area contributed by atoms with Gasteiger partial charge in [-0.3, -0.25) is 9.78 Å². The zero-order valence-electron chi connectivity index (χ0n) is 12.2. The van der Waals surface area contributed by atoms with Gasteiger partial charge in [-0.2, -0.15) is 0 Å². The van der Waals surface area contributed by atoms with Crippen LogP contribution in [0.1, 0.15) is 29.0 Å². The first-order valence-electron chi connectivity index (χ1n) is 6.46. The highest BCUT2D eigenvalue weighted by atomic mass is 35.5. The molecule has 1 atom stereocenters. The maximum atomic E-state index is 12.0. The Kier molecular flexibility index (Phi) is 8.73. The molecule has 21 heavy (non-hydrogen) atoms. The molecule has 2 rings (SSSR count). The van der Waals surface area contributed by atoms with Crippen molar-refractivity contribution >= 4 is 30.7 Å². The van der Waals surface area contributed by atoms with Gasteiger partial charge in [0.05, 0.1) is 24.0 Å². The molecule has 1 saturated heterocycles. The number of halogens is 2. The summed E-state index contributed by atoms with van der Waals surface area (Å²) in [4.78, 5) is 20.1. The minimum Gasteiger partial charge on any atom is -0.383 e. The molecule has 0 radical (unpaired) electrons. The third kappa shape index (κ3) is 5.39. The van der Waals surface area contributed by atoms with Crippen molar-refractivity contribution in [2.75, 3.05) is 26.8 Å². The summed E-state index contributed by atoms with van der Waals surface area (Å²) in [6.45, 7) is 3.93. The normalized spacial score (nSPS) is 20.3. The van der Waals surface area contributed by atoms with Crippen LogP contribution in [0.5, 0.6) is 0 Å². The van der Waals surface area contributed by atoms with Gasteiger partial charge in [0.15, 0.2) is 0 Å². The number of aryl methyl sites for hydroxylation is 1. The Morgan fingerprint density at radius 1 is 1.43 bits per heavy atom. The van der Waals surface area contributed by atoms with E-state index in [1.54, 1.807) is 13.3 Å². The fraction of sp³-hybridized carbons (Fsp3) is 0.615. The van der Waals surface area contributed by atoms with Crippen LogP contribution in [-0.4, -0.2) is 48.2 Å². The van der Waals surface area contributed by atoms with Gasteiger partial charge < -0.3 is 15.4 Å². The number of hydrogen-bond acceptors (Lipinski definition) is 5. The lowest BCUT2D eigenvalue weighted by Gasteiger charge is -2.28. The molecule has 1 unspecified atom stereocenters. The number of amides is 1. The predicted molar refractivity (Wildman–Crippen MR) is 85.4 cm³/mol. The van der Waals surface area contributed by atoms with Gasteiger partial charge in [0.2, 0.25) is 0 Å². The Bertz CT molecular complexity index is 436. The summed E-state index contributed by atoms with van der Waals surface area (Å²) in [5.74, 6) is -0.198. The molecule has 2 heterocycles. The molecule has 6 nitrogen and oxygen atoms in total. The van der Waals surface area contributed by atoms with E-state index in [1.165, 1.54) is 6.20 Å². The monoisotopic (exact) mass is 336 g/mol. The van der Waals surface area contributed by atoms with E-state index in [-0.39, 0.29) is 36.3 Å². The number of nitrogens with one attached hydrogen (secondary N) is 2. The van der Waals surface area contributed by atoms with Gasteiger partial charge in [-0.05, 0) is 26.3 Å². The molecule has 0 spiro atoms. The SMILES string of the molecule is COCC1(CNC(=O)c2cnc(C)cn2)CCCN1.Cl.Cl. The second-order valence-electron chi connectivity index (χ2n) is 4.97. The maximum Gasteiger partial charge on any atom is 0.271 e. The first-order valence-corrected chi connectivity index (χ1v) is 6.46. The average Bonchev–Trinajstić information content (AvgIpc) is 2.86. The number of aromatic nitrogens is 2. The molecule has 0 bridgehead atoms. The highest BCUT2D eigenvalue weighted by molar-refractivity contribution is 5.91. The summed E-state index contributed by atoms with van der Waals surface area (Å²) in [5, 5.41) is 6.31. The largest absolute Gasteiger partial charge is 0.383 e. The molecule has 1 aliphatic heterocycles. The summed E-state index contributed by atoms with van der Waals surface area (Å²) in [5.41, 5.74) is 0.990. The second-order valence-corrected chi connectivity index (χ2v) is 4.97. The smallest absolute Gasteiger partial charge is 0.271 e. The van der Waals surface area contributed by atoms with Gasteiger partial charge >= 0.3 is 0 Å². The predicted octanol–water partition coefficient (Wildman–Crippen LogP) is 1.13. The second kappa shape index (κ2) is 9.15. The van der Waals surface area contributed by atoms with Crippen LogP contribution < -0.4 is 10.6 Å². The highest BCUT2D eigenvalue weighted by Gasteiger charge is 2.33. The molecule has 2 N–H and O–H groups in total. The van der Waals surface area contributed by atoms with Crippen molar-refractivity contribution in [2.24, 2.45) is 0 Å². The van der Waals surface area contributed by atoms with E-state index < -0.39 is 0 Å². The maximum absolute atomic E-state index is 12.0. The number of carbonyl (C=O) groups is 1. The lowest BCUT2D eigenvalue weighted by molar-refractivity contribution is 0.0887. The zero-order chi connectivity index (χ0) is 13.7. The average molecular weight is 337 g/mol. The lowest BCUT2D eigenvalue weighted by Crippen LogP contribution is -2.53. The van der Waals surface area contributed by atoms with Crippen LogP contribution in [0.2, 0.25) is 0 Å². The number of carbonyl (C=O) groups excluding carboxylic acids is 1. The van der Waals surface area contributed by atoms with E-state index in [4.69, 9.17) is 4.74 Å². The quantitative estimate of drug-likeness (QED) is 0.842. The minimum absolute atomic E-state index is 0. The van der Waals surface area contributed by atoms with Crippen LogP contribution in [0.15, 0.2) is 12.4 Å². The minimum atomic E-state index is -0.198. The number of nitrogens with zero attached hydrogens (tertiary/aromatic N) is 2. The van der Waals surface area contributed by atoms with Crippen molar-refractivity contribution in [3.63, 3.8) is 0 Å². The molecule has 1 amide bonds. The van der Waals surface area contributed by atoms with Crippen molar-refractivity contribution in [1.82, 2.24) is 20.6 Å². The van der Waals surface area contributed by atoms with Crippen molar-refractivity contribution < 1.29 is 9.53 Å². The Morgan fingerprint density at radius 3 is 2.71 bits per heavy atom. The molecule has 1 aromatic heterocycles. The molecule has 8 heteroatoms. The number of ether oxygens (including phenoxy) is 1. The third-order valence-electron chi connectivity index (χ3n) is 3.35. The number of rotatable bonds is 5. The molecule has 0 aromatic carbocycles. The Labute approximate surface area is 137 Å². The number of hydrogen-bond donors (Lipinski definition) is 2. The molecule has 120 valence electrons. The van der Waals surface area contributed by atoms with E-state index in [1.807, 2.05) is 6.92 Å². The van der Waals surface area contributed by atoms with Crippen LogP contribution in [0.3, 0.4) is 0 Å². The number of methoxy groups -OCH3 is 1. The van der Waals surface area contributed by atoms with Crippen LogP contribution in [0.25, 0.3) is 0 Å². The van der Waals surface area contributed by atoms with E-state index in [2.05, 4.69) is 20.6 Å². The lowest BCUT2D eigenvalue weighted by atomic mass is 9.98. The fourth-order valence-corrected chi connectivity index (χ4v) is 2.32. The van der Waals surface area contributed by atoms with Crippen molar-refractivity contribution in [2.45, 2.75) is 25.3 Å². The highest BCUT2D eigenvalue weighted by Crippen LogP contribution is 2.18. The van der Waals surface area contributed by atoms with Gasteiger partial charge in [0, 0.05) is 19.9 Å². The molecular formula is C13H22Cl2N4O2. The van der Waals surface area contributed by atoms with Crippen LogP contribution in [0, 0.1) is 6.92 Å². The topological polar surface area (TPSA) is 76.1 Å². The van der Waals surface area contributed by atoms with Crippen molar-refractivity contribution in [1.29, 1.82) is 0 Å². The van der Waals surface area contributed by atoms with Gasteiger partial charge in [-0.15, -0.1) is 24.8 Å². The molecule has 1 fully saturated rings. The van der Waals surface area contributed by atoms with E-state index in [9.17, 15) is 4.79 Å². The van der Waals surface area contributed by atoms with E-state index in [0.717, 1.165) is 25.1 Å². The molecule has 0 saturated carbocycles. The summed E-state index contributed by atoms with van der Waals surface area (Å²) < 4.78 is 5.24. The van der Waals surface area contributed by atoms with Crippen LogP contribution in [0.4, 0.5) is 0 Å². The zero-order valence-corrected chi connectivity index (χ0v) is 13.9. The Morgan fingerprint density at radius 2 is 2.19 bits per heavy atom. The molecule has 0 aliphatic carbocycles. The first kappa shape index (κ1) is 20.1. The van der Waals surface area contributed by atoms with Gasteiger partial charge in [0.25, 0.3) is 5.91 Å². The van der Waals surface area contributed by atoms with Crippen molar-refractivity contribution in [3.8, 4) is 0 Å². The van der Waals surface area contributed by atoms with Gasteiger partial charge in [-0.1, -0.05) is 0 Å². The van der Waals surface area contributed by atoms with Crippen LogP contribution >= 0.6 is 24.8 Å². The van der Waals surface area contributed by atoms with Crippen LogP contribution in [-0.2, 0) is 4.74 Å². The van der Waals surface area contributed by atoms with Gasteiger partial charge in [0.1, 0.15) is 5.69 Å². The summed E-state index contributed by atoms with van der Waals surface area (Å²) in [6.07, 6.45) is 5.19. The fourth-order valence-electron chi connectivity index (χ4n) is 2.32. The van der Waals surface area contributed by atoms with Crippen molar-refractivity contribution in [3.05, 3.63) is 23.8 Å². The third-order valence-corrected chi connectivity index (χ3v) is 3.35. The summed E-state index contributed by atoms with van der Waals surface area (Å²) >= 11 is 0. The standard InChI is InChI=1S/C13H20N4O2.2ClH/c1-10-6-15-11(7-14-10)12(18)16-8-13(9-19-2)4-3-5-17-13;;/h6-7,17H,3-5,8-9H2,1-2H3,(H,16,18);2*1H. The molecule has 1 aromatic rings. The summed E-state index contributed by atoms with van der Waals surface area (Å²) in [7, 11) is 1.68.